The van der Waals surface area contributed by atoms with E-state index in [4.69, 9.17) is 4.74 Å². The number of nitrogens with zero attached hydrogens (tertiary/aromatic N) is 1. The summed E-state index contributed by atoms with van der Waals surface area (Å²) in [5, 5.41) is 20.2. The number of anilines is 1. The Morgan fingerprint density at radius 2 is 2.10 bits per heavy atom. The Kier molecular flexibility index (Phi) is 3.19. The lowest BCUT2D eigenvalue weighted by Gasteiger charge is -2.06. The van der Waals surface area contributed by atoms with Crippen molar-refractivity contribution in [3.05, 3.63) is 48.0 Å². The van der Waals surface area contributed by atoms with E-state index in [1.807, 2.05) is 24.3 Å². The highest BCUT2D eigenvalue weighted by Gasteiger charge is 2.13. The fourth-order valence-corrected chi connectivity index (χ4v) is 2.07. The van der Waals surface area contributed by atoms with Crippen LogP contribution in [0.4, 0.5) is 5.82 Å². The van der Waals surface area contributed by atoms with Crippen LogP contribution in [0.5, 0.6) is 11.5 Å². The number of aromatic hydroxyl groups is 1. The van der Waals surface area contributed by atoms with E-state index in [0.29, 0.717) is 17.1 Å². The fourth-order valence-electron chi connectivity index (χ4n) is 2.07. The standard InChI is InChI=1S/C15H13N3O3/c1-21-13-7-6-9(8-12(13)19)15(20)16-14-10-4-2-3-5-11(10)17-18-14/h2-8,19H,1H3,(H2,16,17,18,20). The van der Waals surface area contributed by atoms with Crippen molar-refractivity contribution in [3.8, 4) is 11.5 Å². The SMILES string of the molecule is COc1ccc(C(=O)Nc2n[nH]c3ccccc23)cc1O. The van der Waals surface area contributed by atoms with Gasteiger partial charge in [-0.2, -0.15) is 5.10 Å². The number of carbonyl (C=O) groups is 1. The fraction of sp³-hybridized carbons (Fsp3) is 0.0667. The number of benzene rings is 2. The van der Waals surface area contributed by atoms with Gasteiger partial charge in [0.05, 0.1) is 12.6 Å². The van der Waals surface area contributed by atoms with Gasteiger partial charge in [0.2, 0.25) is 0 Å². The van der Waals surface area contributed by atoms with Gasteiger partial charge in [0.25, 0.3) is 5.91 Å². The number of phenolic OH excluding ortho intramolecular Hbond substituents is 1. The largest absolute Gasteiger partial charge is 0.504 e. The predicted octanol–water partition coefficient (Wildman–Crippen LogP) is 2.53. The molecule has 3 N–H and O–H groups in total. The molecule has 6 nitrogen and oxygen atoms in total. The van der Waals surface area contributed by atoms with Crippen molar-refractivity contribution in [1.82, 2.24) is 10.2 Å². The summed E-state index contributed by atoms with van der Waals surface area (Å²) in [6.07, 6.45) is 0. The maximum atomic E-state index is 12.2. The molecule has 1 aromatic heterocycles. The van der Waals surface area contributed by atoms with Crippen molar-refractivity contribution in [2.24, 2.45) is 0 Å². The van der Waals surface area contributed by atoms with Crippen LogP contribution in [0.25, 0.3) is 10.9 Å². The summed E-state index contributed by atoms with van der Waals surface area (Å²) in [5.74, 6) is 0.324. The van der Waals surface area contributed by atoms with Gasteiger partial charge >= 0.3 is 0 Å². The minimum atomic E-state index is -0.356. The van der Waals surface area contributed by atoms with Crippen LogP contribution in [0.3, 0.4) is 0 Å². The summed E-state index contributed by atoms with van der Waals surface area (Å²) in [4.78, 5) is 12.2. The highest BCUT2D eigenvalue weighted by atomic mass is 16.5. The number of hydrogen-bond acceptors (Lipinski definition) is 4. The number of ether oxygens (including phenoxy) is 1. The zero-order chi connectivity index (χ0) is 14.8. The van der Waals surface area contributed by atoms with Gasteiger partial charge in [0, 0.05) is 10.9 Å². The first kappa shape index (κ1) is 13.0. The number of rotatable bonds is 3. The van der Waals surface area contributed by atoms with E-state index < -0.39 is 0 Å². The van der Waals surface area contributed by atoms with E-state index in [1.165, 1.54) is 19.2 Å². The normalized spacial score (nSPS) is 10.5. The van der Waals surface area contributed by atoms with Crippen molar-refractivity contribution < 1.29 is 14.6 Å². The molecule has 0 saturated carbocycles. The Morgan fingerprint density at radius 3 is 2.86 bits per heavy atom. The Hall–Kier alpha value is -3.02. The molecule has 0 radical (unpaired) electrons. The van der Waals surface area contributed by atoms with Crippen LogP contribution < -0.4 is 10.1 Å². The lowest BCUT2D eigenvalue weighted by Crippen LogP contribution is -2.12. The van der Waals surface area contributed by atoms with Gasteiger partial charge in [-0.05, 0) is 30.3 Å². The van der Waals surface area contributed by atoms with Crippen LogP contribution in [-0.2, 0) is 0 Å². The second kappa shape index (κ2) is 5.16. The third kappa shape index (κ3) is 2.38. The summed E-state index contributed by atoms with van der Waals surface area (Å²) >= 11 is 0. The van der Waals surface area contributed by atoms with Crippen molar-refractivity contribution >= 4 is 22.6 Å². The number of H-pyrrole nitrogens is 1. The van der Waals surface area contributed by atoms with Crippen molar-refractivity contribution in [2.75, 3.05) is 12.4 Å². The maximum absolute atomic E-state index is 12.2. The molecular weight excluding hydrogens is 270 g/mol. The zero-order valence-corrected chi connectivity index (χ0v) is 11.3. The van der Waals surface area contributed by atoms with Crippen molar-refractivity contribution in [1.29, 1.82) is 0 Å². The number of phenols is 1. The van der Waals surface area contributed by atoms with E-state index in [9.17, 15) is 9.90 Å². The summed E-state index contributed by atoms with van der Waals surface area (Å²) in [7, 11) is 1.45. The summed E-state index contributed by atoms with van der Waals surface area (Å²) in [6.45, 7) is 0. The Bertz CT molecular complexity index is 811. The van der Waals surface area contributed by atoms with E-state index >= 15 is 0 Å². The maximum Gasteiger partial charge on any atom is 0.257 e. The van der Waals surface area contributed by atoms with E-state index in [1.54, 1.807) is 6.07 Å². The van der Waals surface area contributed by atoms with Gasteiger partial charge < -0.3 is 15.2 Å². The Balaban J connectivity index is 1.88. The molecule has 2 aromatic carbocycles. The Morgan fingerprint density at radius 1 is 1.29 bits per heavy atom. The third-order valence-electron chi connectivity index (χ3n) is 3.14. The highest BCUT2D eigenvalue weighted by Crippen LogP contribution is 2.27. The topological polar surface area (TPSA) is 87.2 Å². The van der Waals surface area contributed by atoms with Gasteiger partial charge in [-0.3, -0.25) is 9.89 Å². The highest BCUT2D eigenvalue weighted by molar-refractivity contribution is 6.08. The molecule has 0 spiro atoms. The number of carbonyl (C=O) groups excluding carboxylic acids is 1. The number of aromatic amines is 1. The van der Waals surface area contributed by atoms with Gasteiger partial charge in [-0.15, -0.1) is 0 Å². The zero-order valence-electron chi connectivity index (χ0n) is 11.3. The quantitative estimate of drug-likeness (QED) is 0.689. The van der Waals surface area contributed by atoms with Crippen molar-refractivity contribution in [3.63, 3.8) is 0 Å². The molecule has 0 aliphatic rings. The number of fused-ring (bicyclic) bond motifs is 1. The first-order valence-corrected chi connectivity index (χ1v) is 6.30. The third-order valence-corrected chi connectivity index (χ3v) is 3.14. The number of nitrogens with one attached hydrogen (secondary N) is 2. The number of para-hydroxylation sites is 1. The molecule has 0 aliphatic carbocycles. The minimum absolute atomic E-state index is 0.0861. The molecule has 1 heterocycles. The molecule has 106 valence electrons. The first-order chi connectivity index (χ1) is 10.2. The molecule has 1 amide bonds. The lowest BCUT2D eigenvalue weighted by atomic mass is 10.2. The number of hydrogen-bond donors (Lipinski definition) is 3. The molecule has 3 aromatic rings. The lowest BCUT2D eigenvalue weighted by molar-refractivity contribution is 0.102. The van der Waals surface area contributed by atoms with Crippen LogP contribution in [0, 0.1) is 0 Å². The summed E-state index contributed by atoms with van der Waals surface area (Å²) < 4.78 is 4.94. The number of amides is 1. The van der Waals surface area contributed by atoms with Gasteiger partial charge in [0.15, 0.2) is 17.3 Å². The average molecular weight is 283 g/mol. The first-order valence-electron chi connectivity index (χ1n) is 6.30. The molecule has 21 heavy (non-hydrogen) atoms. The average Bonchev–Trinajstić information content (AvgIpc) is 2.90. The molecule has 0 fully saturated rings. The smallest absolute Gasteiger partial charge is 0.257 e. The minimum Gasteiger partial charge on any atom is -0.504 e. The monoisotopic (exact) mass is 283 g/mol. The number of methoxy groups -OCH3 is 1. The van der Waals surface area contributed by atoms with Crippen LogP contribution in [0.2, 0.25) is 0 Å². The van der Waals surface area contributed by atoms with Crippen molar-refractivity contribution in [2.45, 2.75) is 0 Å². The Labute approximate surface area is 120 Å². The molecule has 0 aliphatic heterocycles. The molecule has 3 rings (SSSR count). The van der Waals surface area contributed by atoms with E-state index in [2.05, 4.69) is 15.5 Å². The molecular formula is C15H13N3O3. The summed E-state index contributed by atoms with van der Waals surface area (Å²) in [5.41, 5.74) is 1.16. The van der Waals surface area contributed by atoms with Gasteiger partial charge in [-0.1, -0.05) is 12.1 Å². The van der Waals surface area contributed by atoms with Gasteiger partial charge in [-0.25, -0.2) is 0 Å². The van der Waals surface area contributed by atoms with Crippen LogP contribution in [0.1, 0.15) is 10.4 Å². The molecule has 6 heteroatoms. The second-order valence-corrected chi connectivity index (χ2v) is 4.46. The molecule has 0 atom stereocenters. The van der Waals surface area contributed by atoms with Gasteiger partial charge in [0.1, 0.15) is 0 Å². The predicted molar refractivity (Wildman–Crippen MR) is 78.7 cm³/mol. The summed E-state index contributed by atoms with van der Waals surface area (Å²) in [6, 6.07) is 11.9. The number of aromatic nitrogens is 2. The van der Waals surface area contributed by atoms with E-state index in [-0.39, 0.29) is 11.7 Å². The molecule has 0 bridgehead atoms. The van der Waals surface area contributed by atoms with Crippen LogP contribution >= 0.6 is 0 Å². The second-order valence-electron chi connectivity index (χ2n) is 4.46. The van der Waals surface area contributed by atoms with Crippen LogP contribution in [-0.4, -0.2) is 28.3 Å². The molecule has 0 saturated heterocycles. The molecule has 0 unspecified atom stereocenters. The van der Waals surface area contributed by atoms with Crippen LogP contribution in [0.15, 0.2) is 42.5 Å². The van der Waals surface area contributed by atoms with E-state index in [0.717, 1.165) is 10.9 Å².